The van der Waals surface area contributed by atoms with Crippen molar-refractivity contribution in [1.82, 2.24) is 0 Å². The summed E-state index contributed by atoms with van der Waals surface area (Å²) in [5, 5.41) is 8.99. The molecule has 0 amide bonds. The first-order valence-corrected chi connectivity index (χ1v) is 6.13. The van der Waals surface area contributed by atoms with E-state index in [1.807, 2.05) is 0 Å². The van der Waals surface area contributed by atoms with Gasteiger partial charge in [-0.2, -0.15) is 0 Å². The molecule has 0 aromatic rings. The van der Waals surface area contributed by atoms with Crippen LogP contribution in [0.5, 0.6) is 0 Å². The Bertz CT molecular complexity index is 136. The maximum atomic E-state index is 8.99. The number of rotatable bonds is 6. The quantitative estimate of drug-likeness (QED) is 0.668. The van der Waals surface area contributed by atoms with Crippen LogP contribution in [0.2, 0.25) is 0 Å². The van der Waals surface area contributed by atoms with Crippen LogP contribution >= 0.6 is 0 Å². The van der Waals surface area contributed by atoms with Crippen molar-refractivity contribution in [3.05, 3.63) is 0 Å². The van der Waals surface area contributed by atoms with Crippen molar-refractivity contribution in [3.8, 4) is 0 Å². The molecule has 1 fully saturated rings. The van der Waals surface area contributed by atoms with Gasteiger partial charge in [0.2, 0.25) is 0 Å². The summed E-state index contributed by atoms with van der Waals surface area (Å²) in [7, 11) is 0. The molecule has 14 heavy (non-hydrogen) atoms. The number of hydrogen-bond donors (Lipinski definition) is 1. The molecule has 0 unspecified atom stereocenters. The lowest BCUT2D eigenvalue weighted by molar-refractivity contribution is -0.0751. The van der Waals surface area contributed by atoms with Crippen molar-refractivity contribution in [2.24, 2.45) is 0 Å². The Labute approximate surface area is 87.7 Å². The summed E-state index contributed by atoms with van der Waals surface area (Å²) in [6.45, 7) is 2.43. The third-order valence-electron chi connectivity index (χ3n) is 3.02. The van der Waals surface area contributed by atoms with Crippen LogP contribution in [-0.2, 0) is 4.74 Å². The number of ether oxygens (including phenoxy) is 1. The number of unbranched alkanes of at least 4 members (excludes halogenated alkanes) is 3. The molecule has 0 saturated carbocycles. The molecule has 2 heteroatoms. The van der Waals surface area contributed by atoms with Gasteiger partial charge >= 0.3 is 0 Å². The fourth-order valence-corrected chi connectivity index (χ4v) is 2.13. The Morgan fingerprint density at radius 3 is 2.64 bits per heavy atom. The first-order chi connectivity index (χ1) is 6.86. The fourth-order valence-electron chi connectivity index (χ4n) is 2.13. The average molecular weight is 200 g/mol. The van der Waals surface area contributed by atoms with Crippen LogP contribution in [0.4, 0.5) is 0 Å². The highest BCUT2D eigenvalue weighted by Gasteiger charge is 2.20. The van der Waals surface area contributed by atoms with Gasteiger partial charge in [-0.15, -0.1) is 0 Å². The van der Waals surface area contributed by atoms with E-state index in [-0.39, 0.29) is 12.7 Å². The van der Waals surface area contributed by atoms with Crippen molar-refractivity contribution < 1.29 is 9.84 Å². The lowest BCUT2D eigenvalue weighted by atomic mass is 10.00. The standard InChI is InChI=1S/C12H24O2/c1-2-3-4-5-7-11-8-6-9-12(10-13)14-11/h11-13H,2-10H2,1H3/t11-,12-/m0/s1. The molecule has 1 rings (SSSR count). The van der Waals surface area contributed by atoms with Gasteiger partial charge in [0, 0.05) is 0 Å². The molecule has 1 heterocycles. The average Bonchev–Trinajstić information content (AvgIpc) is 2.25. The van der Waals surface area contributed by atoms with E-state index in [9.17, 15) is 0 Å². The van der Waals surface area contributed by atoms with Crippen molar-refractivity contribution >= 4 is 0 Å². The Morgan fingerprint density at radius 1 is 1.14 bits per heavy atom. The molecule has 0 aromatic heterocycles. The van der Waals surface area contributed by atoms with E-state index in [1.54, 1.807) is 0 Å². The molecule has 1 N–H and O–H groups in total. The molecule has 0 aliphatic carbocycles. The lowest BCUT2D eigenvalue weighted by Crippen LogP contribution is -2.30. The monoisotopic (exact) mass is 200 g/mol. The minimum atomic E-state index is 0.125. The van der Waals surface area contributed by atoms with Gasteiger partial charge in [-0.3, -0.25) is 0 Å². The zero-order valence-corrected chi connectivity index (χ0v) is 9.37. The maximum Gasteiger partial charge on any atom is 0.0809 e. The van der Waals surface area contributed by atoms with Crippen molar-refractivity contribution in [2.45, 2.75) is 70.5 Å². The summed E-state index contributed by atoms with van der Waals surface area (Å²) in [5.74, 6) is 0. The Kier molecular flexibility index (Phi) is 6.20. The maximum absolute atomic E-state index is 8.99. The summed E-state index contributed by atoms with van der Waals surface area (Å²) >= 11 is 0. The summed E-state index contributed by atoms with van der Waals surface area (Å²) < 4.78 is 5.77. The molecule has 1 saturated heterocycles. The highest BCUT2D eigenvalue weighted by atomic mass is 16.5. The van der Waals surface area contributed by atoms with Gasteiger partial charge < -0.3 is 9.84 Å². The largest absolute Gasteiger partial charge is 0.394 e. The first kappa shape index (κ1) is 12.0. The molecule has 2 atom stereocenters. The third kappa shape index (κ3) is 4.43. The van der Waals surface area contributed by atoms with Gasteiger partial charge in [-0.05, 0) is 25.7 Å². The molecule has 0 aromatic carbocycles. The Balaban J connectivity index is 2.05. The second-order valence-electron chi connectivity index (χ2n) is 4.34. The predicted molar refractivity (Wildman–Crippen MR) is 58.4 cm³/mol. The van der Waals surface area contributed by atoms with Gasteiger partial charge in [0.25, 0.3) is 0 Å². The summed E-state index contributed by atoms with van der Waals surface area (Å²) in [4.78, 5) is 0. The van der Waals surface area contributed by atoms with Crippen molar-refractivity contribution in [3.63, 3.8) is 0 Å². The van der Waals surface area contributed by atoms with Crippen molar-refractivity contribution in [1.29, 1.82) is 0 Å². The van der Waals surface area contributed by atoms with Crippen LogP contribution in [0.3, 0.4) is 0 Å². The highest BCUT2D eigenvalue weighted by molar-refractivity contribution is 4.70. The summed E-state index contributed by atoms with van der Waals surface area (Å²) in [6.07, 6.45) is 10.5. The van der Waals surface area contributed by atoms with Crippen molar-refractivity contribution in [2.75, 3.05) is 6.61 Å². The Hall–Kier alpha value is -0.0800. The zero-order valence-electron chi connectivity index (χ0n) is 9.37. The van der Waals surface area contributed by atoms with E-state index in [2.05, 4.69) is 6.92 Å². The van der Waals surface area contributed by atoms with Gasteiger partial charge in [0.1, 0.15) is 0 Å². The van der Waals surface area contributed by atoms with Crippen LogP contribution < -0.4 is 0 Å². The fraction of sp³-hybridized carbons (Fsp3) is 1.00. The lowest BCUT2D eigenvalue weighted by Gasteiger charge is -2.29. The molecule has 1 aliphatic rings. The van der Waals surface area contributed by atoms with Gasteiger partial charge in [0.05, 0.1) is 18.8 Å². The highest BCUT2D eigenvalue weighted by Crippen LogP contribution is 2.22. The second-order valence-corrected chi connectivity index (χ2v) is 4.34. The van der Waals surface area contributed by atoms with Gasteiger partial charge in [-0.1, -0.05) is 32.6 Å². The molecular weight excluding hydrogens is 176 g/mol. The second kappa shape index (κ2) is 7.24. The normalized spacial score (nSPS) is 27.9. The van der Waals surface area contributed by atoms with E-state index >= 15 is 0 Å². The summed E-state index contributed by atoms with van der Waals surface area (Å²) in [5.41, 5.74) is 0. The molecule has 1 aliphatic heterocycles. The molecule has 0 radical (unpaired) electrons. The zero-order chi connectivity index (χ0) is 10.2. The number of aliphatic hydroxyl groups excluding tert-OH is 1. The van der Waals surface area contributed by atoms with Crippen LogP contribution in [0.25, 0.3) is 0 Å². The van der Waals surface area contributed by atoms with E-state index in [4.69, 9.17) is 9.84 Å². The van der Waals surface area contributed by atoms with Gasteiger partial charge in [-0.25, -0.2) is 0 Å². The van der Waals surface area contributed by atoms with Gasteiger partial charge in [0.15, 0.2) is 0 Å². The number of aliphatic hydroxyl groups is 1. The summed E-state index contributed by atoms with van der Waals surface area (Å²) in [6, 6.07) is 0. The molecule has 0 bridgehead atoms. The molecule has 2 nitrogen and oxygen atoms in total. The van der Waals surface area contributed by atoms with Crippen LogP contribution in [0, 0.1) is 0 Å². The third-order valence-corrected chi connectivity index (χ3v) is 3.02. The SMILES string of the molecule is CCCCCC[C@H]1CCC[C@@H](CO)O1. The van der Waals surface area contributed by atoms with Crippen LogP contribution in [0.15, 0.2) is 0 Å². The molecular formula is C12H24O2. The first-order valence-electron chi connectivity index (χ1n) is 6.13. The van der Waals surface area contributed by atoms with E-state index in [0.717, 1.165) is 6.42 Å². The molecule has 0 spiro atoms. The van der Waals surface area contributed by atoms with Crippen LogP contribution in [0.1, 0.15) is 58.3 Å². The smallest absolute Gasteiger partial charge is 0.0809 e. The Morgan fingerprint density at radius 2 is 1.93 bits per heavy atom. The van der Waals surface area contributed by atoms with E-state index in [0.29, 0.717) is 6.10 Å². The number of hydrogen-bond acceptors (Lipinski definition) is 2. The topological polar surface area (TPSA) is 29.5 Å². The van der Waals surface area contributed by atoms with Crippen LogP contribution in [-0.4, -0.2) is 23.9 Å². The molecule has 84 valence electrons. The van der Waals surface area contributed by atoms with E-state index in [1.165, 1.54) is 44.9 Å². The minimum absolute atomic E-state index is 0.125. The van der Waals surface area contributed by atoms with E-state index < -0.39 is 0 Å². The predicted octanol–water partition coefficient (Wildman–Crippen LogP) is 2.89. The minimum Gasteiger partial charge on any atom is -0.394 e.